The summed E-state index contributed by atoms with van der Waals surface area (Å²) in [6, 6.07) is 3.37. The summed E-state index contributed by atoms with van der Waals surface area (Å²) in [5.74, 6) is -0.352. The SMILES string of the molecule is CC1(C)OC[C@]2(CC[C@H](CCN3CCNC(=O)c4oc5ccc(C(F)(F)F)cc5c43)CC2)O1. The summed E-state index contributed by atoms with van der Waals surface area (Å²) in [6.45, 7) is 6.09. The van der Waals surface area contributed by atoms with E-state index in [2.05, 4.69) is 5.32 Å². The second-order valence-electron chi connectivity index (χ2n) is 9.94. The standard InChI is InChI=1S/C24H29F3N2O4/c1-22(2)31-14-23(33-22)8-5-15(6-9-23)7-11-29-12-10-28-21(30)20-19(29)17-13-16(24(25,26)27)3-4-18(17)32-20/h3-4,13,15H,5-12,14H2,1-2H3,(H,28,30)/t15-,23+. The predicted molar refractivity (Wildman–Crippen MR) is 116 cm³/mol. The lowest BCUT2D eigenvalue weighted by atomic mass is 9.78. The zero-order chi connectivity index (χ0) is 23.4. The summed E-state index contributed by atoms with van der Waals surface area (Å²) in [5.41, 5.74) is -0.188. The van der Waals surface area contributed by atoms with Crippen molar-refractivity contribution in [1.82, 2.24) is 5.32 Å². The van der Waals surface area contributed by atoms with Crippen LogP contribution < -0.4 is 10.2 Å². The highest BCUT2D eigenvalue weighted by Gasteiger charge is 2.47. The Labute approximate surface area is 190 Å². The molecule has 1 aromatic heterocycles. The lowest BCUT2D eigenvalue weighted by Crippen LogP contribution is -2.39. The summed E-state index contributed by atoms with van der Waals surface area (Å²) in [6.07, 6.45) is 0.337. The van der Waals surface area contributed by atoms with Crippen molar-refractivity contribution in [2.75, 3.05) is 31.1 Å². The van der Waals surface area contributed by atoms with Crippen LogP contribution in [0.3, 0.4) is 0 Å². The van der Waals surface area contributed by atoms with Crippen LogP contribution in [0.1, 0.15) is 62.1 Å². The number of fused-ring (bicyclic) bond motifs is 3. The van der Waals surface area contributed by atoms with Crippen molar-refractivity contribution in [3.8, 4) is 0 Å². The maximum Gasteiger partial charge on any atom is 0.416 e. The number of amides is 1. The number of nitrogens with zero attached hydrogens (tertiary/aromatic N) is 1. The Bertz CT molecular complexity index is 1050. The van der Waals surface area contributed by atoms with E-state index < -0.39 is 23.4 Å². The van der Waals surface area contributed by atoms with E-state index in [9.17, 15) is 18.0 Å². The van der Waals surface area contributed by atoms with E-state index in [1.807, 2.05) is 18.7 Å². The molecule has 6 nitrogen and oxygen atoms in total. The number of furan rings is 1. The third kappa shape index (κ3) is 4.33. The van der Waals surface area contributed by atoms with Crippen molar-refractivity contribution < 1.29 is 31.9 Å². The molecule has 3 aliphatic rings. The van der Waals surface area contributed by atoms with Crippen molar-refractivity contribution in [1.29, 1.82) is 0 Å². The summed E-state index contributed by atoms with van der Waals surface area (Å²) < 4.78 is 57.7. The summed E-state index contributed by atoms with van der Waals surface area (Å²) in [5, 5.41) is 3.12. The van der Waals surface area contributed by atoms with Crippen molar-refractivity contribution in [2.24, 2.45) is 5.92 Å². The van der Waals surface area contributed by atoms with Crippen LogP contribution in [0, 0.1) is 5.92 Å². The van der Waals surface area contributed by atoms with Gasteiger partial charge in [0.15, 0.2) is 5.79 Å². The maximum absolute atomic E-state index is 13.3. The van der Waals surface area contributed by atoms with Gasteiger partial charge >= 0.3 is 6.18 Å². The predicted octanol–water partition coefficient (Wildman–Crippen LogP) is 5.10. The van der Waals surface area contributed by atoms with Crippen LogP contribution in [0.25, 0.3) is 11.0 Å². The first-order valence-electron chi connectivity index (χ1n) is 11.6. The average molecular weight is 467 g/mol. The molecule has 33 heavy (non-hydrogen) atoms. The number of ether oxygens (including phenoxy) is 2. The third-order valence-electron chi connectivity index (χ3n) is 7.15. The molecule has 1 spiro atoms. The Balaban J connectivity index is 1.33. The Morgan fingerprint density at radius 2 is 1.97 bits per heavy atom. The largest absolute Gasteiger partial charge is 0.449 e. The van der Waals surface area contributed by atoms with Gasteiger partial charge in [-0.2, -0.15) is 13.2 Å². The first kappa shape index (κ1) is 22.5. The van der Waals surface area contributed by atoms with Gasteiger partial charge in [-0.1, -0.05) is 0 Å². The van der Waals surface area contributed by atoms with E-state index in [-0.39, 0.29) is 16.9 Å². The lowest BCUT2D eigenvalue weighted by Gasteiger charge is -2.37. The molecule has 1 amide bonds. The lowest BCUT2D eigenvalue weighted by molar-refractivity contribution is -0.169. The summed E-state index contributed by atoms with van der Waals surface area (Å²) >= 11 is 0. The highest BCUT2D eigenvalue weighted by atomic mass is 19.4. The number of anilines is 1. The molecule has 1 saturated heterocycles. The Morgan fingerprint density at radius 1 is 1.21 bits per heavy atom. The van der Waals surface area contributed by atoms with E-state index in [1.54, 1.807) is 0 Å². The van der Waals surface area contributed by atoms with E-state index >= 15 is 0 Å². The second kappa shape index (κ2) is 7.91. The molecule has 180 valence electrons. The molecule has 0 radical (unpaired) electrons. The maximum atomic E-state index is 13.3. The van der Waals surface area contributed by atoms with Crippen LogP contribution in [-0.2, 0) is 15.7 Å². The molecule has 2 aliphatic heterocycles. The minimum absolute atomic E-state index is 0.0863. The molecule has 3 heterocycles. The number of nitrogens with one attached hydrogen (secondary N) is 1. The third-order valence-corrected chi connectivity index (χ3v) is 7.15. The molecule has 0 atom stereocenters. The smallest absolute Gasteiger partial charge is 0.416 e. The van der Waals surface area contributed by atoms with E-state index in [1.165, 1.54) is 6.07 Å². The molecule has 1 saturated carbocycles. The fraction of sp³-hybridized carbons (Fsp3) is 0.625. The molecule has 1 N–H and O–H groups in total. The van der Waals surface area contributed by atoms with Crippen LogP contribution in [0.4, 0.5) is 18.9 Å². The van der Waals surface area contributed by atoms with Gasteiger partial charge in [0.1, 0.15) is 5.58 Å². The monoisotopic (exact) mass is 466 g/mol. The number of rotatable bonds is 3. The molecule has 2 aromatic rings. The Kier molecular flexibility index (Phi) is 5.40. The highest BCUT2D eigenvalue weighted by molar-refractivity contribution is 6.07. The van der Waals surface area contributed by atoms with Crippen LogP contribution in [-0.4, -0.2) is 43.5 Å². The normalized spacial score (nSPS) is 27.6. The van der Waals surface area contributed by atoms with E-state index in [4.69, 9.17) is 13.9 Å². The molecular formula is C24H29F3N2O4. The summed E-state index contributed by atoms with van der Waals surface area (Å²) in [7, 11) is 0. The zero-order valence-electron chi connectivity index (χ0n) is 18.9. The number of hydrogen-bond acceptors (Lipinski definition) is 5. The van der Waals surface area contributed by atoms with Crippen molar-refractivity contribution >= 4 is 22.6 Å². The fourth-order valence-electron chi connectivity index (χ4n) is 5.41. The van der Waals surface area contributed by atoms with Gasteiger partial charge in [-0.15, -0.1) is 0 Å². The van der Waals surface area contributed by atoms with Crippen LogP contribution in [0.5, 0.6) is 0 Å². The van der Waals surface area contributed by atoms with Crippen molar-refractivity contribution in [3.05, 3.63) is 29.5 Å². The average Bonchev–Trinajstić information content (AvgIpc) is 3.23. The zero-order valence-corrected chi connectivity index (χ0v) is 18.9. The van der Waals surface area contributed by atoms with Crippen LogP contribution in [0.15, 0.2) is 22.6 Å². The Morgan fingerprint density at radius 3 is 2.64 bits per heavy atom. The molecular weight excluding hydrogens is 437 g/mol. The fourth-order valence-corrected chi connectivity index (χ4v) is 5.41. The van der Waals surface area contributed by atoms with Gasteiger partial charge < -0.3 is 24.1 Å². The van der Waals surface area contributed by atoms with Gasteiger partial charge in [-0.25, -0.2) is 0 Å². The van der Waals surface area contributed by atoms with Crippen molar-refractivity contribution in [3.63, 3.8) is 0 Å². The number of carbonyl (C=O) groups is 1. The molecule has 5 rings (SSSR count). The topological polar surface area (TPSA) is 63.9 Å². The van der Waals surface area contributed by atoms with Crippen LogP contribution >= 0.6 is 0 Å². The van der Waals surface area contributed by atoms with Gasteiger partial charge in [0.25, 0.3) is 5.91 Å². The molecule has 0 bridgehead atoms. The molecule has 0 unspecified atom stereocenters. The van der Waals surface area contributed by atoms with Crippen molar-refractivity contribution in [2.45, 2.75) is 63.5 Å². The number of benzene rings is 1. The number of halogens is 3. The van der Waals surface area contributed by atoms with E-state index in [0.717, 1.165) is 44.2 Å². The molecule has 2 fully saturated rings. The number of alkyl halides is 3. The quantitative estimate of drug-likeness (QED) is 0.682. The number of carbonyl (C=O) groups excluding carboxylic acids is 1. The van der Waals surface area contributed by atoms with Gasteiger partial charge in [0, 0.05) is 25.0 Å². The van der Waals surface area contributed by atoms with Gasteiger partial charge in [0.2, 0.25) is 5.76 Å². The summed E-state index contributed by atoms with van der Waals surface area (Å²) in [4.78, 5) is 14.5. The van der Waals surface area contributed by atoms with Gasteiger partial charge in [-0.05, 0) is 70.1 Å². The van der Waals surface area contributed by atoms with Gasteiger partial charge in [0.05, 0.1) is 23.5 Å². The Hall–Kier alpha value is -2.26. The first-order chi connectivity index (χ1) is 15.6. The number of hydrogen-bond donors (Lipinski definition) is 1. The van der Waals surface area contributed by atoms with Gasteiger partial charge in [-0.3, -0.25) is 4.79 Å². The molecule has 1 aromatic carbocycles. The minimum atomic E-state index is -4.46. The minimum Gasteiger partial charge on any atom is -0.449 e. The first-order valence-corrected chi connectivity index (χ1v) is 11.6. The molecule has 1 aliphatic carbocycles. The highest BCUT2D eigenvalue weighted by Crippen LogP contribution is 2.44. The second-order valence-corrected chi connectivity index (χ2v) is 9.94. The van der Waals surface area contributed by atoms with E-state index in [0.29, 0.717) is 43.2 Å². The molecule has 9 heteroatoms. The van der Waals surface area contributed by atoms with Crippen LogP contribution in [0.2, 0.25) is 0 Å².